The second-order valence-corrected chi connectivity index (χ2v) is 9.26. The Morgan fingerprint density at radius 2 is 1.05 bits per heavy atom. The molecule has 0 unspecified atom stereocenters. The fourth-order valence-electron chi connectivity index (χ4n) is 4.21. The van der Waals surface area contributed by atoms with Gasteiger partial charge in [0.2, 0.25) is 5.91 Å². The van der Waals surface area contributed by atoms with Crippen LogP contribution in [0.4, 0.5) is 0 Å². The van der Waals surface area contributed by atoms with Gasteiger partial charge in [-0.3, -0.25) is 14.5 Å². The molecule has 0 aromatic heterocycles. The first kappa shape index (κ1) is 25.9. The van der Waals surface area contributed by atoms with Crippen molar-refractivity contribution in [3.05, 3.63) is 143 Å². The SMILES string of the molecule is CN(CC(=O)NCc1ccccc1)Cc1ccc(C(=O)N(Cc2ccccc2)Cc2ccccc2)cc1. The Labute approximate surface area is 219 Å². The van der Waals surface area contributed by atoms with Gasteiger partial charge in [0.15, 0.2) is 0 Å². The van der Waals surface area contributed by atoms with Crippen molar-refractivity contribution >= 4 is 11.8 Å². The van der Waals surface area contributed by atoms with Crippen LogP contribution < -0.4 is 5.32 Å². The fourth-order valence-corrected chi connectivity index (χ4v) is 4.21. The number of hydrogen-bond acceptors (Lipinski definition) is 3. The number of rotatable bonds is 11. The molecule has 0 aliphatic heterocycles. The molecule has 188 valence electrons. The third kappa shape index (κ3) is 8.16. The number of carbonyl (C=O) groups excluding carboxylic acids is 2. The van der Waals surface area contributed by atoms with Crippen molar-refractivity contribution in [2.24, 2.45) is 0 Å². The summed E-state index contributed by atoms with van der Waals surface area (Å²) in [5.41, 5.74) is 4.96. The van der Waals surface area contributed by atoms with Crippen LogP contribution in [0.15, 0.2) is 115 Å². The summed E-state index contributed by atoms with van der Waals surface area (Å²) < 4.78 is 0. The maximum Gasteiger partial charge on any atom is 0.254 e. The van der Waals surface area contributed by atoms with E-state index in [9.17, 15) is 9.59 Å². The molecule has 5 heteroatoms. The standard InChI is InChI=1S/C32H33N3O2/c1-34(25-31(36)33-21-26-11-5-2-6-12-26)22-29-17-19-30(20-18-29)32(37)35(23-27-13-7-3-8-14-27)24-28-15-9-4-10-16-28/h2-20H,21-25H2,1H3,(H,33,36). The molecule has 4 aromatic rings. The van der Waals surface area contributed by atoms with Crippen molar-refractivity contribution in [2.75, 3.05) is 13.6 Å². The van der Waals surface area contributed by atoms with Gasteiger partial charge in [-0.1, -0.05) is 103 Å². The topological polar surface area (TPSA) is 52.7 Å². The zero-order valence-corrected chi connectivity index (χ0v) is 21.2. The highest BCUT2D eigenvalue weighted by atomic mass is 16.2. The Morgan fingerprint density at radius 3 is 1.57 bits per heavy atom. The van der Waals surface area contributed by atoms with Gasteiger partial charge in [0.25, 0.3) is 5.91 Å². The lowest BCUT2D eigenvalue weighted by molar-refractivity contribution is -0.122. The first-order chi connectivity index (χ1) is 18.1. The smallest absolute Gasteiger partial charge is 0.254 e. The first-order valence-corrected chi connectivity index (χ1v) is 12.5. The van der Waals surface area contributed by atoms with Crippen molar-refractivity contribution in [1.82, 2.24) is 15.1 Å². The minimum atomic E-state index is -0.0179. The minimum Gasteiger partial charge on any atom is -0.351 e. The predicted octanol–water partition coefficient (Wildman–Crippen LogP) is 5.28. The molecule has 4 aromatic carbocycles. The van der Waals surface area contributed by atoms with Gasteiger partial charge < -0.3 is 10.2 Å². The zero-order chi connectivity index (χ0) is 25.9. The molecule has 0 bridgehead atoms. The third-order valence-corrected chi connectivity index (χ3v) is 6.12. The van der Waals surface area contributed by atoms with Gasteiger partial charge in [0.1, 0.15) is 0 Å². The van der Waals surface area contributed by atoms with Crippen LogP contribution in [0.3, 0.4) is 0 Å². The van der Waals surface area contributed by atoms with Crippen molar-refractivity contribution in [1.29, 1.82) is 0 Å². The lowest BCUT2D eigenvalue weighted by atomic mass is 10.1. The van der Waals surface area contributed by atoms with Crippen molar-refractivity contribution in [3.8, 4) is 0 Å². The van der Waals surface area contributed by atoms with Gasteiger partial charge in [-0.15, -0.1) is 0 Å². The van der Waals surface area contributed by atoms with E-state index in [0.29, 0.717) is 38.3 Å². The summed E-state index contributed by atoms with van der Waals surface area (Å²) in [4.78, 5) is 29.7. The molecule has 0 radical (unpaired) electrons. The van der Waals surface area contributed by atoms with E-state index in [4.69, 9.17) is 0 Å². The first-order valence-electron chi connectivity index (χ1n) is 12.5. The number of carbonyl (C=O) groups is 2. The normalized spacial score (nSPS) is 10.8. The van der Waals surface area contributed by atoms with E-state index in [1.807, 2.05) is 132 Å². The Bertz CT molecular complexity index is 1220. The molecule has 0 fully saturated rings. The lowest BCUT2D eigenvalue weighted by Gasteiger charge is -2.23. The van der Waals surface area contributed by atoms with Crippen LogP contribution in [0.2, 0.25) is 0 Å². The van der Waals surface area contributed by atoms with Crippen molar-refractivity contribution in [3.63, 3.8) is 0 Å². The van der Waals surface area contributed by atoms with Crippen LogP contribution in [0.1, 0.15) is 32.6 Å². The molecule has 0 saturated heterocycles. The van der Waals surface area contributed by atoms with Crippen LogP contribution in [-0.4, -0.2) is 35.2 Å². The number of benzene rings is 4. The molecule has 1 N–H and O–H groups in total. The van der Waals surface area contributed by atoms with Gasteiger partial charge in [-0.2, -0.15) is 0 Å². The molecule has 2 amide bonds. The number of nitrogens with zero attached hydrogens (tertiary/aromatic N) is 2. The Kier molecular flexibility index (Phi) is 9.22. The van der Waals surface area contributed by atoms with Gasteiger partial charge in [-0.25, -0.2) is 0 Å². The quantitative estimate of drug-likeness (QED) is 0.311. The highest BCUT2D eigenvalue weighted by molar-refractivity contribution is 5.94. The van der Waals surface area contributed by atoms with Gasteiger partial charge in [-0.05, 0) is 41.4 Å². The van der Waals surface area contributed by atoms with Gasteiger partial charge >= 0.3 is 0 Å². The maximum absolute atomic E-state index is 13.5. The zero-order valence-electron chi connectivity index (χ0n) is 21.2. The third-order valence-electron chi connectivity index (χ3n) is 6.12. The highest BCUT2D eigenvalue weighted by Crippen LogP contribution is 2.16. The van der Waals surface area contributed by atoms with E-state index in [2.05, 4.69) is 5.32 Å². The van der Waals surface area contributed by atoms with Gasteiger partial charge in [0.05, 0.1) is 6.54 Å². The Balaban J connectivity index is 1.35. The second kappa shape index (κ2) is 13.2. The van der Waals surface area contributed by atoms with E-state index in [1.165, 1.54) is 0 Å². The van der Waals surface area contributed by atoms with Crippen LogP contribution >= 0.6 is 0 Å². The number of hydrogen-bond donors (Lipinski definition) is 1. The van der Waals surface area contributed by atoms with E-state index < -0.39 is 0 Å². The molecule has 0 heterocycles. The van der Waals surface area contributed by atoms with Crippen LogP contribution in [-0.2, 0) is 31.0 Å². The summed E-state index contributed by atoms with van der Waals surface area (Å²) >= 11 is 0. The molecule has 5 nitrogen and oxygen atoms in total. The number of amides is 2. The molecule has 4 rings (SSSR count). The van der Waals surface area contributed by atoms with E-state index >= 15 is 0 Å². The monoisotopic (exact) mass is 491 g/mol. The molecule has 0 atom stereocenters. The van der Waals surface area contributed by atoms with Crippen molar-refractivity contribution < 1.29 is 9.59 Å². The van der Waals surface area contributed by atoms with E-state index in [1.54, 1.807) is 0 Å². The summed E-state index contributed by atoms with van der Waals surface area (Å²) in [6.07, 6.45) is 0. The van der Waals surface area contributed by atoms with Crippen LogP contribution in [0, 0.1) is 0 Å². The second-order valence-electron chi connectivity index (χ2n) is 9.26. The largest absolute Gasteiger partial charge is 0.351 e. The van der Waals surface area contributed by atoms with E-state index in [0.717, 1.165) is 22.3 Å². The molecule has 0 aliphatic rings. The number of likely N-dealkylation sites (N-methyl/N-ethyl adjacent to an activating group) is 1. The molecular formula is C32H33N3O2. The molecule has 0 spiro atoms. The van der Waals surface area contributed by atoms with Crippen LogP contribution in [0.25, 0.3) is 0 Å². The Hall–Kier alpha value is -4.22. The molecule has 0 saturated carbocycles. The highest BCUT2D eigenvalue weighted by Gasteiger charge is 2.17. The van der Waals surface area contributed by atoms with Crippen LogP contribution in [0.5, 0.6) is 0 Å². The molecule has 37 heavy (non-hydrogen) atoms. The summed E-state index contributed by atoms with van der Waals surface area (Å²) in [7, 11) is 1.92. The Morgan fingerprint density at radius 1 is 0.595 bits per heavy atom. The average Bonchev–Trinajstić information content (AvgIpc) is 2.93. The fraction of sp³-hybridized carbons (Fsp3) is 0.188. The summed E-state index contributed by atoms with van der Waals surface area (Å²) in [5.74, 6) is -0.0245. The van der Waals surface area contributed by atoms with Gasteiger partial charge in [0, 0.05) is 31.7 Å². The number of nitrogens with one attached hydrogen (secondary N) is 1. The summed E-state index contributed by atoms with van der Waals surface area (Å²) in [5, 5.41) is 2.96. The predicted molar refractivity (Wildman–Crippen MR) is 148 cm³/mol. The average molecular weight is 492 g/mol. The van der Waals surface area contributed by atoms with E-state index in [-0.39, 0.29) is 11.8 Å². The maximum atomic E-state index is 13.5. The molecule has 0 aliphatic carbocycles. The molecular weight excluding hydrogens is 458 g/mol. The summed E-state index contributed by atoms with van der Waals surface area (Å²) in [6, 6.07) is 37.7. The van der Waals surface area contributed by atoms with Crippen molar-refractivity contribution in [2.45, 2.75) is 26.2 Å². The summed E-state index contributed by atoms with van der Waals surface area (Å²) in [6.45, 7) is 2.52. The minimum absolute atomic E-state index is 0.00657. The lowest BCUT2D eigenvalue weighted by Crippen LogP contribution is -2.34.